The van der Waals surface area contributed by atoms with Crippen molar-refractivity contribution in [3.05, 3.63) is 42.1 Å². The molecule has 1 aromatic carbocycles. The summed E-state index contributed by atoms with van der Waals surface area (Å²) in [6, 6.07) is 12.5. The van der Waals surface area contributed by atoms with Crippen LogP contribution in [0.2, 0.25) is 0 Å². The third kappa shape index (κ3) is 3.17. The SMILES string of the molecule is CC1(CNCc2ccc3ccccc3n2)CCOCC1. The Morgan fingerprint density at radius 1 is 1.15 bits per heavy atom. The van der Waals surface area contributed by atoms with E-state index in [-0.39, 0.29) is 0 Å². The number of hydrogen-bond donors (Lipinski definition) is 1. The topological polar surface area (TPSA) is 34.2 Å². The van der Waals surface area contributed by atoms with E-state index in [2.05, 4.69) is 36.5 Å². The second kappa shape index (κ2) is 5.90. The second-order valence-corrected chi connectivity index (χ2v) is 6.02. The zero-order valence-electron chi connectivity index (χ0n) is 12.1. The molecule has 1 aliphatic rings. The first-order valence-corrected chi connectivity index (χ1v) is 7.38. The number of nitrogens with zero attached hydrogens (tertiary/aromatic N) is 1. The molecule has 0 aliphatic carbocycles. The fraction of sp³-hybridized carbons (Fsp3) is 0.471. The van der Waals surface area contributed by atoms with Crippen molar-refractivity contribution >= 4 is 10.9 Å². The average molecular weight is 270 g/mol. The highest BCUT2D eigenvalue weighted by Gasteiger charge is 2.26. The number of rotatable bonds is 4. The van der Waals surface area contributed by atoms with Gasteiger partial charge in [-0.05, 0) is 30.4 Å². The van der Waals surface area contributed by atoms with Gasteiger partial charge in [0.1, 0.15) is 0 Å². The summed E-state index contributed by atoms with van der Waals surface area (Å²) in [7, 11) is 0. The minimum atomic E-state index is 0.370. The summed E-state index contributed by atoms with van der Waals surface area (Å²) in [4.78, 5) is 4.69. The van der Waals surface area contributed by atoms with Crippen molar-refractivity contribution < 1.29 is 4.74 Å². The molecule has 1 saturated heterocycles. The predicted octanol–water partition coefficient (Wildman–Crippen LogP) is 3.14. The molecule has 0 spiro atoms. The van der Waals surface area contributed by atoms with Crippen molar-refractivity contribution in [1.29, 1.82) is 0 Å². The molecule has 0 saturated carbocycles. The van der Waals surface area contributed by atoms with Gasteiger partial charge in [0.2, 0.25) is 0 Å². The van der Waals surface area contributed by atoms with Crippen LogP contribution in [0.5, 0.6) is 0 Å². The number of pyridine rings is 1. The van der Waals surface area contributed by atoms with Crippen LogP contribution in [0.25, 0.3) is 10.9 Å². The van der Waals surface area contributed by atoms with Gasteiger partial charge in [-0.2, -0.15) is 0 Å². The van der Waals surface area contributed by atoms with E-state index >= 15 is 0 Å². The van der Waals surface area contributed by atoms with Crippen LogP contribution < -0.4 is 5.32 Å². The van der Waals surface area contributed by atoms with E-state index in [9.17, 15) is 0 Å². The minimum absolute atomic E-state index is 0.370. The number of nitrogens with one attached hydrogen (secondary N) is 1. The molecule has 0 radical (unpaired) electrons. The lowest BCUT2D eigenvalue weighted by Gasteiger charge is -2.33. The summed E-state index contributed by atoms with van der Waals surface area (Å²) in [5, 5.41) is 4.76. The van der Waals surface area contributed by atoms with Crippen LogP contribution in [-0.4, -0.2) is 24.7 Å². The number of hydrogen-bond acceptors (Lipinski definition) is 3. The smallest absolute Gasteiger partial charge is 0.0705 e. The summed E-state index contributed by atoms with van der Waals surface area (Å²) < 4.78 is 5.44. The molecule has 2 heterocycles. The molecule has 1 aliphatic heterocycles. The minimum Gasteiger partial charge on any atom is -0.381 e. The molecule has 3 nitrogen and oxygen atoms in total. The van der Waals surface area contributed by atoms with E-state index in [0.717, 1.165) is 50.4 Å². The van der Waals surface area contributed by atoms with Crippen molar-refractivity contribution in [1.82, 2.24) is 10.3 Å². The lowest BCUT2D eigenvalue weighted by molar-refractivity contribution is 0.0240. The molecule has 0 unspecified atom stereocenters. The molecule has 3 rings (SSSR count). The predicted molar refractivity (Wildman–Crippen MR) is 81.6 cm³/mol. The first-order chi connectivity index (χ1) is 9.75. The largest absolute Gasteiger partial charge is 0.381 e. The Morgan fingerprint density at radius 3 is 2.80 bits per heavy atom. The van der Waals surface area contributed by atoms with Crippen LogP contribution in [0.3, 0.4) is 0 Å². The van der Waals surface area contributed by atoms with Gasteiger partial charge in [-0.3, -0.25) is 4.98 Å². The van der Waals surface area contributed by atoms with Crippen LogP contribution in [0.4, 0.5) is 0 Å². The molecule has 1 fully saturated rings. The molecular formula is C17H22N2O. The molecular weight excluding hydrogens is 248 g/mol. The Balaban J connectivity index is 1.59. The van der Waals surface area contributed by atoms with Gasteiger partial charge >= 0.3 is 0 Å². The number of ether oxygens (including phenoxy) is 1. The number of benzene rings is 1. The zero-order chi connectivity index (χ0) is 13.8. The van der Waals surface area contributed by atoms with Gasteiger partial charge in [-0.15, -0.1) is 0 Å². The Bertz CT molecular complexity index is 576. The molecule has 1 aromatic heterocycles. The number of para-hydroxylation sites is 1. The van der Waals surface area contributed by atoms with E-state index in [1.54, 1.807) is 0 Å². The highest BCUT2D eigenvalue weighted by Crippen LogP contribution is 2.28. The maximum atomic E-state index is 5.44. The molecule has 1 N–H and O–H groups in total. The quantitative estimate of drug-likeness (QED) is 0.926. The van der Waals surface area contributed by atoms with Crippen molar-refractivity contribution in [2.24, 2.45) is 5.41 Å². The van der Waals surface area contributed by atoms with Gasteiger partial charge in [0.15, 0.2) is 0 Å². The summed E-state index contributed by atoms with van der Waals surface area (Å²) in [5.41, 5.74) is 2.55. The van der Waals surface area contributed by atoms with Crippen LogP contribution >= 0.6 is 0 Å². The normalized spacial score (nSPS) is 18.2. The summed E-state index contributed by atoms with van der Waals surface area (Å²) in [5.74, 6) is 0. The van der Waals surface area contributed by atoms with Gasteiger partial charge in [-0.1, -0.05) is 31.2 Å². The van der Waals surface area contributed by atoms with E-state index in [1.807, 2.05) is 12.1 Å². The third-order valence-corrected chi connectivity index (χ3v) is 4.21. The maximum Gasteiger partial charge on any atom is 0.0705 e. The van der Waals surface area contributed by atoms with Crippen molar-refractivity contribution in [3.63, 3.8) is 0 Å². The lowest BCUT2D eigenvalue weighted by atomic mass is 9.82. The van der Waals surface area contributed by atoms with E-state index in [0.29, 0.717) is 5.41 Å². The zero-order valence-corrected chi connectivity index (χ0v) is 12.1. The highest BCUT2D eigenvalue weighted by atomic mass is 16.5. The Morgan fingerprint density at radius 2 is 1.95 bits per heavy atom. The van der Waals surface area contributed by atoms with Crippen LogP contribution in [0, 0.1) is 5.41 Å². The van der Waals surface area contributed by atoms with Gasteiger partial charge in [0.05, 0.1) is 11.2 Å². The Labute approximate surface area is 120 Å². The van der Waals surface area contributed by atoms with Crippen LogP contribution in [0.15, 0.2) is 36.4 Å². The third-order valence-electron chi connectivity index (χ3n) is 4.21. The number of fused-ring (bicyclic) bond motifs is 1. The molecule has 2 aromatic rings. The van der Waals surface area contributed by atoms with Gasteiger partial charge in [0, 0.05) is 31.7 Å². The van der Waals surface area contributed by atoms with Crippen molar-refractivity contribution in [3.8, 4) is 0 Å². The monoisotopic (exact) mass is 270 g/mol. The van der Waals surface area contributed by atoms with Crippen LogP contribution in [-0.2, 0) is 11.3 Å². The molecule has 20 heavy (non-hydrogen) atoms. The fourth-order valence-electron chi connectivity index (χ4n) is 2.74. The van der Waals surface area contributed by atoms with Crippen molar-refractivity contribution in [2.75, 3.05) is 19.8 Å². The van der Waals surface area contributed by atoms with Crippen molar-refractivity contribution in [2.45, 2.75) is 26.3 Å². The second-order valence-electron chi connectivity index (χ2n) is 6.02. The Kier molecular flexibility index (Phi) is 3.99. The molecule has 0 atom stereocenters. The van der Waals surface area contributed by atoms with E-state index in [1.165, 1.54) is 5.39 Å². The first-order valence-electron chi connectivity index (χ1n) is 7.38. The molecule has 0 bridgehead atoms. The maximum absolute atomic E-state index is 5.44. The van der Waals surface area contributed by atoms with Crippen LogP contribution in [0.1, 0.15) is 25.5 Å². The van der Waals surface area contributed by atoms with Gasteiger partial charge in [-0.25, -0.2) is 0 Å². The molecule has 106 valence electrons. The lowest BCUT2D eigenvalue weighted by Crippen LogP contribution is -2.36. The van der Waals surface area contributed by atoms with E-state index < -0.39 is 0 Å². The average Bonchev–Trinajstić information content (AvgIpc) is 2.48. The fourth-order valence-corrected chi connectivity index (χ4v) is 2.74. The highest BCUT2D eigenvalue weighted by molar-refractivity contribution is 5.78. The number of aromatic nitrogens is 1. The summed E-state index contributed by atoms with van der Waals surface area (Å²) in [6.07, 6.45) is 2.29. The van der Waals surface area contributed by atoms with Gasteiger partial charge < -0.3 is 10.1 Å². The molecule has 0 amide bonds. The summed E-state index contributed by atoms with van der Waals surface area (Å²) >= 11 is 0. The molecule has 3 heteroatoms. The first kappa shape index (κ1) is 13.5. The van der Waals surface area contributed by atoms with E-state index in [4.69, 9.17) is 9.72 Å². The summed E-state index contributed by atoms with van der Waals surface area (Å²) in [6.45, 7) is 6.00. The van der Waals surface area contributed by atoms with Gasteiger partial charge in [0.25, 0.3) is 0 Å². The standard InChI is InChI=1S/C17H22N2O/c1-17(8-10-20-11-9-17)13-18-12-15-7-6-14-4-2-3-5-16(14)19-15/h2-7,18H,8-13H2,1H3. The Hall–Kier alpha value is -1.45.